The highest BCUT2D eigenvalue weighted by atomic mass is 16.3. The molecule has 7 atom stereocenters. The standard InChI is InChI=1S/C24H42O2/c1-13-11-17(23(5,6)7)21(25)19(15(13)3)20-16(4)14(2)12-18(22(20)26)24(8,9)10/h11,13-15,18-19,21-22,25-26H,12H2,1-10H3/t13?,14?,15?,18?,19-,21+,22?/m0/s1. The normalized spacial score (nSPS) is 39.8. The summed E-state index contributed by atoms with van der Waals surface area (Å²) < 4.78 is 0. The van der Waals surface area contributed by atoms with Crippen molar-refractivity contribution in [3.63, 3.8) is 0 Å². The zero-order valence-corrected chi connectivity index (χ0v) is 18.7. The van der Waals surface area contributed by atoms with Crippen LogP contribution in [0.3, 0.4) is 0 Å². The van der Waals surface area contributed by atoms with Gasteiger partial charge in [-0.3, -0.25) is 0 Å². The fourth-order valence-corrected chi connectivity index (χ4v) is 5.20. The maximum Gasteiger partial charge on any atom is 0.0824 e. The molecule has 150 valence electrons. The largest absolute Gasteiger partial charge is 0.388 e. The Morgan fingerprint density at radius 3 is 1.92 bits per heavy atom. The van der Waals surface area contributed by atoms with E-state index in [9.17, 15) is 10.2 Å². The van der Waals surface area contributed by atoms with Crippen LogP contribution in [0.5, 0.6) is 0 Å². The van der Waals surface area contributed by atoms with Crippen molar-refractivity contribution in [2.45, 2.75) is 87.9 Å². The lowest BCUT2D eigenvalue weighted by Crippen LogP contribution is -2.47. The molecule has 2 heteroatoms. The van der Waals surface area contributed by atoms with Crippen LogP contribution < -0.4 is 0 Å². The first-order valence-electron chi connectivity index (χ1n) is 10.5. The maximum absolute atomic E-state index is 11.4. The monoisotopic (exact) mass is 362 g/mol. The number of allylic oxidation sites excluding steroid dienone is 2. The van der Waals surface area contributed by atoms with Gasteiger partial charge in [0.1, 0.15) is 0 Å². The third-order valence-electron chi connectivity index (χ3n) is 7.34. The summed E-state index contributed by atoms with van der Waals surface area (Å²) in [5.74, 6) is 1.41. The summed E-state index contributed by atoms with van der Waals surface area (Å²) in [4.78, 5) is 0. The summed E-state index contributed by atoms with van der Waals surface area (Å²) in [5, 5.41) is 22.8. The molecule has 0 radical (unpaired) electrons. The fourth-order valence-electron chi connectivity index (χ4n) is 5.20. The molecule has 0 aromatic carbocycles. The van der Waals surface area contributed by atoms with Crippen molar-refractivity contribution < 1.29 is 10.2 Å². The van der Waals surface area contributed by atoms with E-state index in [4.69, 9.17) is 0 Å². The van der Waals surface area contributed by atoms with Crippen molar-refractivity contribution >= 4 is 0 Å². The summed E-state index contributed by atoms with van der Waals surface area (Å²) >= 11 is 0. The van der Waals surface area contributed by atoms with Gasteiger partial charge in [0, 0.05) is 5.92 Å². The van der Waals surface area contributed by atoms with E-state index < -0.39 is 12.2 Å². The van der Waals surface area contributed by atoms with E-state index in [1.807, 2.05) is 0 Å². The Kier molecular flexibility index (Phi) is 5.92. The third kappa shape index (κ3) is 3.83. The molecule has 0 aromatic rings. The van der Waals surface area contributed by atoms with Gasteiger partial charge in [0.05, 0.1) is 12.2 Å². The van der Waals surface area contributed by atoms with Crippen LogP contribution in [-0.4, -0.2) is 22.4 Å². The van der Waals surface area contributed by atoms with Crippen molar-refractivity contribution in [1.82, 2.24) is 0 Å². The molecule has 2 rings (SSSR count). The lowest BCUT2D eigenvalue weighted by atomic mass is 9.58. The van der Waals surface area contributed by atoms with Crippen LogP contribution in [0.25, 0.3) is 0 Å². The molecule has 0 fully saturated rings. The van der Waals surface area contributed by atoms with Gasteiger partial charge in [0.25, 0.3) is 0 Å². The molecule has 0 heterocycles. The van der Waals surface area contributed by atoms with Gasteiger partial charge >= 0.3 is 0 Å². The molecule has 0 saturated carbocycles. The second-order valence-corrected chi connectivity index (χ2v) is 11.3. The highest BCUT2D eigenvalue weighted by molar-refractivity contribution is 5.34. The number of hydrogen-bond acceptors (Lipinski definition) is 2. The summed E-state index contributed by atoms with van der Waals surface area (Å²) in [6, 6.07) is 0. The lowest BCUT2D eigenvalue weighted by molar-refractivity contribution is 0.00966. The first-order valence-corrected chi connectivity index (χ1v) is 10.5. The van der Waals surface area contributed by atoms with Gasteiger partial charge in [-0.2, -0.15) is 0 Å². The molecule has 0 aromatic heterocycles. The summed E-state index contributed by atoms with van der Waals surface area (Å²) in [6.07, 6.45) is 2.34. The van der Waals surface area contributed by atoms with E-state index in [1.54, 1.807) is 0 Å². The molecule has 2 N–H and O–H groups in total. The molecular weight excluding hydrogens is 320 g/mol. The number of aliphatic hydroxyl groups is 2. The second kappa shape index (κ2) is 7.09. The molecule has 0 amide bonds. The average Bonchev–Trinajstić information content (AvgIpc) is 2.47. The molecule has 0 bridgehead atoms. The van der Waals surface area contributed by atoms with Gasteiger partial charge in [-0.25, -0.2) is 0 Å². The minimum atomic E-state index is -0.508. The molecular formula is C24H42O2. The smallest absolute Gasteiger partial charge is 0.0824 e. The summed E-state index contributed by atoms with van der Waals surface area (Å²) in [7, 11) is 0. The fraction of sp³-hybridized carbons (Fsp3) is 0.833. The Hall–Kier alpha value is -0.600. The van der Waals surface area contributed by atoms with Gasteiger partial charge in [-0.1, -0.05) is 74.0 Å². The Bertz CT molecular complexity index is 584. The van der Waals surface area contributed by atoms with Crippen LogP contribution in [0.15, 0.2) is 22.8 Å². The summed E-state index contributed by atoms with van der Waals surface area (Å²) in [5.41, 5.74) is 3.55. The van der Waals surface area contributed by atoms with E-state index in [2.05, 4.69) is 75.3 Å². The van der Waals surface area contributed by atoms with E-state index >= 15 is 0 Å². The number of rotatable bonds is 1. The molecule has 2 aliphatic rings. The average molecular weight is 363 g/mol. The topological polar surface area (TPSA) is 40.5 Å². The van der Waals surface area contributed by atoms with Gasteiger partial charge < -0.3 is 10.2 Å². The zero-order valence-electron chi connectivity index (χ0n) is 18.7. The molecule has 2 aliphatic carbocycles. The molecule has 0 aliphatic heterocycles. The zero-order chi connectivity index (χ0) is 20.2. The van der Waals surface area contributed by atoms with Crippen LogP contribution in [0, 0.1) is 40.4 Å². The van der Waals surface area contributed by atoms with Gasteiger partial charge in [-0.15, -0.1) is 0 Å². The van der Waals surface area contributed by atoms with E-state index in [-0.39, 0.29) is 22.7 Å². The summed E-state index contributed by atoms with van der Waals surface area (Å²) in [6.45, 7) is 22.2. The van der Waals surface area contributed by atoms with Crippen LogP contribution in [-0.2, 0) is 0 Å². The SMILES string of the molecule is CC1=C([C@@H]2C(C)C(C)C=C(C(C)(C)C)[C@H]2O)C(O)C(C(C)(C)C)CC1C. The van der Waals surface area contributed by atoms with Gasteiger partial charge in [0.15, 0.2) is 0 Å². The Morgan fingerprint density at radius 2 is 1.46 bits per heavy atom. The second-order valence-electron chi connectivity index (χ2n) is 11.3. The Balaban J connectivity index is 2.56. The minimum Gasteiger partial charge on any atom is -0.388 e. The van der Waals surface area contributed by atoms with Crippen molar-refractivity contribution in [2.24, 2.45) is 40.4 Å². The van der Waals surface area contributed by atoms with Crippen LogP contribution >= 0.6 is 0 Å². The highest BCUT2D eigenvalue weighted by Crippen LogP contribution is 2.51. The quantitative estimate of drug-likeness (QED) is 0.596. The first-order chi connectivity index (χ1) is 11.7. The van der Waals surface area contributed by atoms with Crippen LogP contribution in [0.1, 0.15) is 75.7 Å². The number of hydrogen-bond donors (Lipinski definition) is 2. The lowest BCUT2D eigenvalue weighted by Gasteiger charge is -2.49. The first kappa shape index (κ1) is 21.7. The Labute approximate surface area is 161 Å². The van der Waals surface area contributed by atoms with Crippen LogP contribution in [0.2, 0.25) is 0 Å². The minimum absolute atomic E-state index is 0.00632. The predicted octanol–water partition coefficient (Wildman–Crippen LogP) is 5.60. The van der Waals surface area contributed by atoms with Gasteiger partial charge in [0.2, 0.25) is 0 Å². The van der Waals surface area contributed by atoms with Gasteiger partial charge in [-0.05, 0) is 59.0 Å². The van der Waals surface area contributed by atoms with Crippen molar-refractivity contribution in [1.29, 1.82) is 0 Å². The molecule has 26 heavy (non-hydrogen) atoms. The number of aliphatic hydroxyl groups excluding tert-OH is 2. The van der Waals surface area contributed by atoms with Crippen molar-refractivity contribution in [2.75, 3.05) is 0 Å². The Morgan fingerprint density at radius 1 is 0.923 bits per heavy atom. The molecule has 0 spiro atoms. The predicted molar refractivity (Wildman–Crippen MR) is 111 cm³/mol. The van der Waals surface area contributed by atoms with Crippen molar-refractivity contribution in [3.8, 4) is 0 Å². The van der Waals surface area contributed by atoms with Crippen LogP contribution in [0.4, 0.5) is 0 Å². The molecule has 2 nitrogen and oxygen atoms in total. The van der Waals surface area contributed by atoms with E-state index in [0.717, 1.165) is 17.6 Å². The molecule has 5 unspecified atom stereocenters. The maximum atomic E-state index is 11.4. The third-order valence-corrected chi connectivity index (χ3v) is 7.34. The van der Waals surface area contributed by atoms with E-state index in [1.165, 1.54) is 5.57 Å². The van der Waals surface area contributed by atoms with E-state index in [0.29, 0.717) is 17.8 Å². The molecule has 0 saturated heterocycles. The highest BCUT2D eigenvalue weighted by Gasteiger charge is 2.47. The van der Waals surface area contributed by atoms with Crippen molar-refractivity contribution in [3.05, 3.63) is 22.8 Å².